The molecule has 6 nitrogen and oxygen atoms in total. The molecule has 0 saturated heterocycles. The lowest BCUT2D eigenvalue weighted by Gasteiger charge is -2.14. The number of aromatic nitrogens is 3. The van der Waals surface area contributed by atoms with Crippen LogP contribution in [0.1, 0.15) is 18.1 Å². The predicted molar refractivity (Wildman–Crippen MR) is 97.1 cm³/mol. The Morgan fingerprint density at radius 2 is 2.00 bits per heavy atom. The summed E-state index contributed by atoms with van der Waals surface area (Å²) in [5.41, 5.74) is 2.06. The molecule has 0 aliphatic rings. The molecule has 130 valence electrons. The summed E-state index contributed by atoms with van der Waals surface area (Å²) in [4.78, 5) is 4.03. The predicted octanol–water partition coefficient (Wildman–Crippen LogP) is 4.05. The summed E-state index contributed by atoms with van der Waals surface area (Å²) in [6.07, 6.45) is 1.46. The molecule has 0 aliphatic heterocycles. The van der Waals surface area contributed by atoms with Gasteiger partial charge in [0.25, 0.3) is 0 Å². The van der Waals surface area contributed by atoms with Crippen LogP contribution in [0.5, 0.6) is 11.5 Å². The van der Waals surface area contributed by atoms with Crippen LogP contribution in [0.25, 0.3) is 0 Å². The number of hydrogen-bond acceptors (Lipinski definition) is 5. The van der Waals surface area contributed by atoms with Crippen molar-refractivity contribution >= 4 is 17.5 Å². The van der Waals surface area contributed by atoms with E-state index in [0.717, 1.165) is 11.1 Å². The highest BCUT2D eigenvalue weighted by Gasteiger charge is 2.08. The third-order valence-corrected chi connectivity index (χ3v) is 3.70. The SMILES string of the molecule is CCOc1cc(CNc2ncn[nH]2)ccc1OCc1cccc(Cl)c1. The smallest absolute Gasteiger partial charge is 0.218 e. The Balaban J connectivity index is 1.67. The molecule has 0 spiro atoms. The molecule has 0 atom stereocenters. The molecule has 1 aromatic heterocycles. The number of anilines is 1. The number of H-pyrrole nitrogens is 1. The van der Waals surface area contributed by atoms with Crippen molar-refractivity contribution in [1.29, 1.82) is 0 Å². The molecule has 0 amide bonds. The number of nitrogens with zero attached hydrogens (tertiary/aromatic N) is 2. The van der Waals surface area contributed by atoms with Crippen LogP contribution in [0, 0.1) is 0 Å². The molecule has 0 aliphatic carbocycles. The minimum atomic E-state index is 0.427. The van der Waals surface area contributed by atoms with Gasteiger partial charge in [0, 0.05) is 11.6 Å². The number of hydrogen-bond donors (Lipinski definition) is 2. The maximum atomic E-state index is 6.01. The van der Waals surface area contributed by atoms with Gasteiger partial charge in [0.1, 0.15) is 12.9 Å². The molecule has 2 aromatic carbocycles. The fourth-order valence-electron chi connectivity index (χ4n) is 2.31. The van der Waals surface area contributed by atoms with Gasteiger partial charge in [-0.25, -0.2) is 10.1 Å². The molecule has 0 fully saturated rings. The number of aromatic amines is 1. The Kier molecular flexibility index (Phi) is 5.74. The van der Waals surface area contributed by atoms with Crippen molar-refractivity contribution in [2.75, 3.05) is 11.9 Å². The van der Waals surface area contributed by atoms with E-state index in [4.69, 9.17) is 21.1 Å². The van der Waals surface area contributed by atoms with Crippen molar-refractivity contribution in [3.63, 3.8) is 0 Å². The van der Waals surface area contributed by atoms with E-state index in [1.165, 1.54) is 6.33 Å². The van der Waals surface area contributed by atoms with Crippen LogP contribution in [0.3, 0.4) is 0 Å². The quantitative estimate of drug-likeness (QED) is 0.635. The van der Waals surface area contributed by atoms with Crippen molar-refractivity contribution in [2.24, 2.45) is 0 Å². The monoisotopic (exact) mass is 358 g/mol. The van der Waals surface area contributed by atoms with Crippen LogP contribution in [0.15, 0.2) is 48.8 Å². The molecule has 7 heteroatoms. The van der Waals surface area contributed by atoms with E-state index in [0.29, 0.717) is 42.2 Å². The normalized spacial score (nSPS) is 10.5. The van der Waals surface area contributed by atoms with E-state index >= 15 is 0 Å². The number of nitrogens with one attached hydrogen (secondary N) is 2. The number of halogens is 1. The van der Waals surface area contributed by atoms with Gasteiger partial charge in [-0.1, -0.05) is 29.8 Å². The Hall–Kier alpha value is -2.73. The largest absolute Gasteiger partial charge is 0.490 e. The lowest BCUT2D eigenvalue weighted by molar-refractivity contribution is 0.269. The number of rotatable bonds is 8. The maximum absolute atomic E-state index is 6.01. The van der Waals surface area contributed by atoms with Crippen LogP contribution in [0.2, 0.25) is 5.02 Å². The Bertz CT molecular complexity index is 809. The highest BCUT2D eigenvalue weighted by atomic mass is 35.5. The Morgan fingerprint density at radius 3 is 2.76 bits per heavy atom. The zero-order valence-corrected chi connectivity index (χ0v) is 14.6. The van der Waals surface area contributed by atoms with E-state index in [2.05, 4.69) is 20.5 Å². The lowest BCUT2D eigenvalue weighted by Crippen LogP contribution is -2.04. The summed E-state index contributed by atoms with van der Waals surface area (Å²) >= 11 is 6.01. The summed E-state index contributed by atoms with van der Waals surface area (Å²) in [6, 6.07) is 13.5. The first kappa shape index (κ1) is 17.1. The first-order chi connectivity index (χ1) is 12.2. The third-order valence-electron chi connectivity index (χ3n) is 3.47. The second kappa shape index (κ2) is 8.39. The van der Waals surface area contributed by atoms with Gasteiger partial charge in [-0.15, -0.1) is 0 Å². The van der Waals surface area contributed by atoms with Gasteiger partial charge in [0.05, 0.1) is 6.61 Å². The van der Waals surface area contributed by atoms with Crippen molar-refractivity contribution in [1.82, 2.24) is 15.2 Å². The van der Waals surface area contributed by atoms with Crippen molar-refractivity contribution < 1.29 is 9.47 Å². The molecule has 0 unspecified atom stereocenters. The lowest BCUT2D eigenvalue weighted by atomic mass is 10.2. The van der Waals surface area contributed by atoms with Crippen LogP contribution >= 0.6 is 11.6 Å². The van der Waals surface area contributed by atoms with E-state index < -0.39 is 0 Å². The van der Waals surface area contributed by atoms with Crippen molar-refractivity contribution in [2.45, 2.75) is 20.1 Å². The molecule has 0 radical (unpaired) electrons. The van der Waals surface area contributed by atoms with E-state index in [-0.39, 0.29) is 0 Å². The zero-order chi connectivity index (χ0) is 17.5. The van der Waals surface area contributed by atoms with E-state index in [1.54, 1.807) is 0 Å². The fourth-order valence-corrected chi connectivity index (χ4v) is 2.53. The topological polar surface area (TPSA) is 72.1 Å². The molecule has 0 saturated carbocycles. The first-order valence-electron chi connectivity index (χ1n) is 7.97. The molecule has 3 aromatic rings. The molecule has 0 bridgehead atoms. The van der Waals surface area contributed by atoms with Gasteiger partial charge in [-0.05, 0) is 42.3 Å². The summed E-state index contributed by atoms with van der Waals surface area (Å²) in [5.74, 6) is 2.03. The van der Waals surface area contributed by atoms with Gasteiger partial charge in [-0.2, -0.15) is 5.10 Å². The van der Waals surface area contributed by atoms with Crippen LogP contribution in [-0.2, 0) is 13.2 Å². The highest BCUT2D eigenvalue weighted by Crippen LogP contribution is 2.29. The van der Waals surface area contributed by atoms with Crippen molar-refractivity contribution in [3.8, 4) is 11.5 Å². The van der Waals surface area contributed by atoms with Crippen LogP contribution in [0.4, 0.5) is 5.95 Å². The molecule has 3 rings (SSSR count). The van der Waals surface area contributed by atoms with Crippen LogP contribution in [-0.4, -0.2) is 21.8 Å². The van der Waals surface area contributed by atoms with Gasteiger partial charge < -0.3 is 14.8 Å². The zero-order valence-electron chi connectivity index (χ0n) is 13.8. The average molecular weight is 359 g/mol. The van der Waals surface area contributed by atoms with Crippen LogP contribution < -0.4 is 14.8 Å². The van der Waals surface area contributed by atoms with Gasteiger partial charge in [0.2, 0.25) is 5.95 Å². The minimum absolute atomic E-state index is 0.427. The highest BCUT2D eigenvalue weighted by molar-refractivity contribution is 6.30. The molecular formula is C18H19ClN4O2. The second-order valence-electron chi connectivity index (χ2n) is 5.32. The second-order valence-corrected chi connectivity index (χ2v) is 5.76. The fraction of sp³-hybridized carbons (Fsp3) is 0.222. The molecule has 2 N–H and O–H groups in total. The average Bonchev–Trinajstić information content (AvgIpc) is 3.13. The van der Waals surface area contributed by atoms with Gasteiger partial charge >= 0.3 is 0 Å². The van der Waals surface area contributed by atoms with E-state index in [9.17, 15) is 0 Å². The first-order valence-corrected chi connectivity index (χ1v) is 8.34. The van der Waals surface area contributed by atoms with Gasteiger partial charge in [-0.3, -0.25) is 0 Å². The molecular weight excluding hydrogens is 340 g/mol. The summed E-state index contributed by atoms with van der Waals surface area (Å²) in [6.45, 7) is 3.53. The Labute approximate surface area is 151 Å². The Morgan fingerprint density at radius 1 is 1.08 bits per heavy atom. The van der Waals surface area contributed by atoms with E-state index in [1.807, 2.05) is 49.4 Å². The molecule has 25 heavy (non-hydrogen) atoms. The molecule has 1 heterocycles. The maximum Gasteiger partial charge on any atom is 0.218 e. The standard InChI is InChI=1S/C18H19ClN4O2/c1-2-24-17-9-13(10-20-18-21-12-22-23-18)6-7-16(17)25-11-14-4-3-5-15(19)8-14/h3-9,12H,2,10-11H2,1H3,(H2,20,21,22,23). The third kappa shape index (κ3) is 4.87. The van der Waals surface area contributed by atoms with Gasteiger partial charge in [0.15, 0.2) is 11.5 Å². The summed E-state index contributed by atoms with van der Waals surface area (Å²) in [7, 11) is 0. The summed E-state index contributed by atoms with van der Waals surface area (Å²) < 4.78 is 11.6. The van der Waals surface area contributed by atoms with Crippen molar-refractivity contribution in [3.05, 3.63) is 64.9 Å². The number of ether oxygens (including phenoxy) is 2. The summed E-state index contributed by atoms with van der Waals surface area (Å²) in [5, 5.41) is 10.4. The number of benzene rings is 2. The minimum Gasteiger partial charge on any atom is -0.490 e.